The molecular formula is C24H18N2O2. The maximum Gasteiger partial charge on any atom is 0.228 e. The van der Waals surface area contributed by atoms with Crippen molar-refractivity contribution in [1.82, 2.24) is 4.98 Å². The van der Waals surface area contributed by atoms with Gasteiger partial charge in [-0.25, -0.2) is 0 Å². The van der Waals surface area contributed by atoms with Crippen LogP contribution in [0.2, 0.25) is 0 Å². The normalized spacial score (nSPS) is 11.3. The van der Waals surface area contributed by atoms with Crippen molar-refractivity contribution in [2.75, 3.05) is 5.32 Å². The minimum Gasteiger partial charge on any atom is -0.464 e. The molecule has 1 amide bonds. The molecule has 0 saturated heterocycles. The highest BCUT2D eigenvalue weighted by Gasteiger charge is 2.14. The molecule has 0 radical (unpaired) electrons. The number of furan rings is 1. The molecule has 0 aliphatic carbocycles. The molecule has 4 heteroatoms. The largest absolute Gasteiger partial charge is 0.464 e. The number of nitrogens with zero attached hydrogens (tertiary/aromatic N) is 1. The molecule has 0 atom stereocenters. The maximum absolute atomic E-state index is 12.8. The molecule has 0 bridgehead atoms. The molecule has 2 aromatic heterocycles. The minimum absolute atomic E-state index is 0.0913. The summed E-state index contributed by atoms with van der Waals surface area (Å²) in [6.07, 6.45) is 1.92. The molecule has 5 aromatic rings. The quantitative estimate of drug-likeness (QED) is 0.451. The predicted molar refractivity (Wildman–Crippen MR) is 113 cm³/mol. The van der Waals surface area contributed by atoms with Crippen molar-refractivity contribution in [3.8, 4) is 0 Å². The van der Waals surface area contributed by atoms with E-state index in [1.807, 2.05) is 61.5 Å². The van der Waals surface area contributed by atoms with Crippen molar-refractivity contribution in [2.24, 2.45) is 0 Å². The Labute approximate surface area is 161 Å². The van der Waals surface area contributed by atoms with Crippen molar-refractivity contribution in [3.63, 3.8) is 0 Å². The van der Waals surface area contributed by atoms with E-state index in [0.29, 0.717) is 0 Å². The fourth-order valence-electron chi connectivity index (χ4n) is 3.72. The number of rotatable bonds is 3. The lowest BCUT2D eigenvalue weighted by molar-refractivity contribution is -0.115. The number of aromatic nitrogens is 1. The minimum atomic E-state index is -0.0913. The lowest BCUT2D eigenvalue weighted by Crippen LogP contribution is -2.14. The molecule has 136 valence electrons. The number of anilines is 1. The lowest BCUT2D eigenvalue weighted by atomic mass is 10.0. The number of nitrogens with one attached hydrogen (secondary N) is 1. The Balaban J connectivity index is 1.50. The molecule has 2 heterocycles. The molecule has 0 aliphatic rings. The fourth-order valence-corrected chi connectivity index (χ4v) is 3.72. The lowest BCUT2D eigenvalue weighted by Gasteiger charge is -2.09. The zero-order valence-electron chi connectivity index (χ0n) is 15.4. The van der Waals surface area contributed by atoms with Gasteiger partial charge in [0.1, 0.15) is 5.58 Å². The Bertz CT molecular complexity index is 1350. The number of para-hydroxylation sites is 1. The number of carbonyl (C=O) groups excluding carboxylic acids is 1. The van der Waals surface area contributed by atoms with Crippen LogP contribution in [-0.4, -0.2) is 10.9 Å². The van der Waals surface area contributed by atoms with Gasteiger partial charge in [0, 0.05) is 22.0 Å². The molecule has 0 unspecified atom stereocenters. The summed E-state index contributed by atoms with van der Waals surface area (Å²) >= 11 is 0. The van der Waals surface area contributed by atoms with Crippen LogP contribution in [0.5, 0.6) is 0 Å². The van der Waals surface area contributed by atoms with Gasteiger partial charge in [-0.1, -0.05) is 48.5 Å². The van der Waals surface area contributed by atoms with Crippen molar-refractivity contribution in [1.29, 1.82) is 0 Å². The Hall–Kier alpha value is -3.66. The molecule has 0 fully saturated rings. The van der Waals surface area contributed by atoms with Gasteiger partial charge in [-0.3, -0.25) is 9.78 Å². The summed E-state index contributed by atoms with van der Waals surface area (Å²) in [5.74, 6) is -0.0913. The number of pyridine rings is 1. The summed E-state index contributed by atoms with van der Waals surface area (Å²) in [7, 11) is 0. The number of carbonyl (C=O) groups is 1. The zero-order valence-corrected chi connectivity index (χ0v) is 15.4. The number of hydrogen-bond acceptors (Lipinski definition) is 3. The average molecular weight is 366 g/mol. The molecule has 28 heavy (non-hydrogen) atoms. The van der Waals surface area contributed by atoms with E-state index in [-0.39, 0.29) is 12.3 Å². The van der Waals surface area contributed by atoms with Crippen LogP contribution >= 0.6 is 0 Å². The third-order valence-electron chi connectivity index (χ3n) is 5.02. The van der Waals surface area contributed by atoms with Gasteiger partial charge in [0.25, 0.3) is 0 Å². The predicted octanol–water partition coefficient (Wildman–Crippen LogP) is 5.62. The third kappa shape index (κ3) is 2.79. The fraction of sp³-hybridized carbons (Fsp3) is 0.0833. The highest BCUT2D eigenvalue weighted by Crippen LogP contribution is 2.30. The second-order valence-electron chi connectivity index (χ2n) is 6.98. The van der Waals surface area contributed by atoms with Crippen molar-refractivity contribution in [2.45, 2.75) is 13.3 Å². The molecule has 1 N–H and O–H groups in total. The molecule has 0 spiro atoms. The summed E-state index contributed by atoms with van der Waals surface area (Å²) in [4.78, 5) is 17.4. The summed E-state index contributed by atoms with van der Waals surface area (Å²) in [6.45, 7) is 1.95. The van der Waals surface area contributed by atoms with E-state index in [9.17, 15) is 4.79 Å². The molecule has 0 saturated carbocycles. The van der Waals surface area contributed by atoms with Gasteiger partial charge in [-0.15, -0.1) is 0 Å². The van der Waals surface area contributed by atoms with E-state index in [4.69, 9.17) is 4.42 Å². The van der Waals surface area contributed by atoms with Crippen LogP contribution in [0.15, 0.2) is 77.4 Å². The molecule has 4 nitrogen and oxygen atoms in total. The molecular weight excluding hydrogens is 348 g/mol. The van der Waals surface area contributed by atoms with Gasteiger partial charge < -0.3 is 9.73 Å². The third-order valence-corrected chi connectivity index (χ3v) is 5.02. The standard InChI is InChI=1S/C24H18N2O2/c1-15-9-10-17-6-4-8-20(24(17)25-15)26-22(27)13-18-14-28-21-12-11-16-5-2-3-7-19(16)23(18)21/h2-12,14H,13H2,1H3,(H,26,27). The monoisotopic (exact) mass is 366 g/mol. The average Bonchev–Trinajstić information content (AvgIpc) is 3.11. The summed E-state index contributed by atoms with van der Waals surface area (Å²) in [5, 5.41) is 7.25. The van der Waals surface area contributed by atoms with Crippen LogP contribution in [0.4, 0.5) is 5.69 Å². The Morgan fingerprint density at radius 3 is 2.71 bits per heavy atom. The highest BCUT2D eigenvalue weighted by molar-refractivity contribution is 6.09. The Kier molecular flexibility index (Phi) is 3.83. The first-order valence-corrected chi connectivity index (χ1v) is 9.23. The number of hydrogen-bond donors (Lipinski definition) is 1. The first-order valence-electron chi connectivity index (χ1n) is 9.23. The van der Waals surface area contributed by atoms with Crippen LogP contribution < -0.4 is 5.32 Å². The van der Waals surface area contributed by atoms with E-state index in [0.717, 1.165) is 49.6 Å². The summed E-state index contributed by atoms with van der Waals surface area (Å²) in [6, 6.07) is 21.9. The smallest absolute Gasteiger partial charge is 0.228 e. The molecule has 3 aromatic carbocycles. The first-order chi connectivity index (χ1) is 13.7. The van der Waals surface area contributed by atoms with Crippen molar-refractivity contribution in [3.05, 3.63) is 84.3 Å². The van der Waals surface area contributed by atoms with Crippen LogP contribution in [-0.2, 0) is 11.2 Å². The van der Waals surface area contributed by atoms with Crippen LogP contribution in [0.1, 0.15) is 11.3 Å². The van der Waals surface area contributed by atoms with Crippen molar-refractivity contribution >= 4 is 44.2 Å². The second-order valence-corrected chi connectivity index (χ2v) is 6.98. The van der Waals surface area contributed by atoms with E-state index in [2.05, 4.69) is 22.4 Å². The second kappa shape index (κ2) is 6.50. The maximum atomic E-state index is 12.8. The number of aryl methyl sites for hydroxylation is 1. The van der Waals surface area contributed by atoms with E-state index < -0.39 is 0 Å². The van der Waals surface area contributed by atoms with E-state index in [1.165, 1.54) is 0 Å². The molecule has 0 aliphatic heterocycles. The van der Waals surface area contributed by atoms with E-state index in [1.54, 1.807) is 6.26 Å². The number of benzene rings is 3. The van der Waals surface area contributed by atoms with Gasteiger partial charge in [-0.05, 0) is 35.9 Å². The van der Waals surface area contributed by atoms with Crippen molar-refractivity contribution < 1.29 is 9.21 Å². The van der Waals surface area contributed by atoms with Gasteiger partial charge in [0.15, 0.2) is 0 Å². The highest BCUT2D eigenvalue weighted by atomic mass is 16.3. The number of fused-ring (bicyclic) bond motifs is 4. The van der Waals surface area contributed by atoms with Crippen LogP contribution in [0.3, 0.4) is 0 Å². The van der Waals surface area contributed by atoms with Gasteiger partial charge in [0.2, 0.25) is 5.91 Å². The van der Waals surface area contributed by atoms with Gasteiger partial charge in [0.05, 0.1) is 23.9 Å². The summed E-state index contributed by atoms with van der Waals surface area (Å²) < 4.78 is 5.70. The van der Waals surface area contributed by atoms with Crippen LogP contribution in [0, 0.1) is 6.92 Å². The Morgan fingerprint density at radius 2 is 1.79 bits per heavy atom. The summed E-state index contributed by atoms with van der Waals surface area (Å²) in [5.41, 5.74) is 4.13. The topological polar surface area (TPSA) is 55.1 Å². The zero-order chi connectivity index (χ0) is 19.1. The Morgan fingerprint density at radius 1 is 0.964 bits per heavy atom. The van der Waals surface area contributed by atoms with Crippen LogP contribution in [0.25, 0.3) is 32.6 Å². The number of amides is 1. The molecule has 5 rings (SSSR count). The van der Waals surface area contributed by atoms with E-state index >= 15 is 0 Å². The first kappa shape index (κ1) is 16.5. The van der Waals surface area contributed by atoms with Gasteiger partial charge >= 0.3 is 0 Å². The van der Waals surface area contributed by atoms with Gasteiger partial charge in [-0.2, -0.15) is 0 Å². The SMILES string of the molecule is Cc1ccc2cccc(NC(=O)Cc3coc4ccc5ccccc5c34)c2n1.